The standard InChI is InChI=1S/C18H14FN5O6S/c19-10-3-1-2-9(6-10)4-5-11-12-16(22-7-21-11)24(8-23-12)17-13(25)18(26)14(29-17)15(18)30-31(20,27)28/h1-3,6-8,13-15,17,25-26H,(H2,20,27,28)/t13-,14+,15?,17+,18-/m0/s1. The van der Waals surface area contributed by atoms with Gasteiger partial charge in [-0.25, -0.2) is 28.7 Å². The Morgan fingerprint density at radius 3 is 2.77 bits per heavy atom. The van der Waals surface area contributed by atoms with Crippen LogP contribution >= 0.6 is 0 Å². The summed E-state index contributed by atoms with van der Waals surface area (Å²) in [5, 5.41) is 25.9. The van der Waals surface area contributed by atoms with Crippen molar-refractivity contribution in [3.8, 4) is 11.8 Å². The molecule has 2 aromatic heterocycles. The number of benzene rings is 1. The Balaban J connectivity index is 1.44. The average Bonchev–Trinajstić information content (AvgIpc) is 3.01. The van der Waals surface area contributed by atoms with Crippen LogP contribution in [-0.2, 0) is 19.2 Å². The number of imidazole rings is 1. The summed E-state index contributed by atoms with van der Waals surface area (Å²) >= 11 is 0. The predicted molar refractivity (Wildman–Crippen MR) is 101 cm³/mol. The first-order valence-corrected chi connectivity index (χ1v) is 10.4. The van der Waals surface area contributed by atoms with E-state index in [1.165, 1.54) is 35.4 Å². The Labute approximate surface area is 174 Å². The first kappa shape index (κ1) is 19.9. The van der Waals surface area contributed by atoms with Gasteiger partial charge < -0.3 is 14.9 Å². The largest absolute Gasteiger partial charge is 0.385 e. The second kappa shape index (κ2) is 6.76. The minimum atomic E-state index is -4.34. The van der Waals surface area contributed by atoms with E-state index in [0.717, 1.165) is 0 Å². The molecule has 3 aromatic rings. The quantitative estimate of drug-likeness (QED) is 0.426. The lowest BCUT2D eigenvalue weighted by Gasteiger charge is -2.23. The van der Waals surface area contributed by atoms with Crippen molar-refractivity contribution in [1.82, 2.24) is 19.5 Å². The number of hydrogen-bond donors (Lipinski definition) is 3. The lowest BCUT2D eigenvalue weighted by molar-refractivity contribution is -0.0888. The Kier molecular flexibility index (Phi) is 4.35. The van der Waals surface area contributed by atoms with E-state index in [9.17, 15) is 23.0 Å². The number of fused-ring (bicyclic) bond motifs is 2. The molecule has 0 spiro atoms. The summed E-state index contributed by atoms with van der Waals surface area (Å²) in [6, 6.07) is 5.76. The highest BCUT2D eigenvalue weighted by molar-refractivity contribution is 7.84. The van der Waals surface area contributed by atoms with E-state index in [2.05, 4.69) is 31.0 Å². The maximum atomic E-state index is 13.3. The third-order valence-electron chi connectivity index (χ3n) is 5.13. The SMILES string of the molecule is NS(=O)(=O)OC1[C@H]2O[C@@H](n3cnc4c(C#Cc5cccc(F)c5)ncnc43)[C@H](O)[C@@]12O. The molecule has 0 amide bonds. The van der Waals surface area contributed by atoms with Crippen LogP contribution in [0.5, 0.6) is 0 Å². The van der Waals surface area contributed by atoms with E-state index >= 15 is 0 Å². The molecule has 3 heterocycles. The second-order valence-electron chi connectivity index (χ2n) is 7.10. The van der Waals surface area contributed by atoms with E-state index < -0.39 is 46.3 Å². The Hall–Kier alpha value is -2.99. The van der Waals surface area contributed by atoms with Gasteiger partial charge in [0, 0.05) is 5.56 Å². The zero-order chi connectivity index (χ0) is 22.0. The van der Waals surface area contributed by atoms with Crippen LogP contribution in [0.3, 0.4) is 0 Å². The number of aliphatic hydroxyl groups excluding tert-OH is 1. The Morgan fingerprint density at radius 1 is 1.29 bits per heavy atom. The molecule has 5 atom stereocenters. The van der Waals surface area contributed by atoms with Crippen molar-refractivity contribution in [2.24, 2.45) is 5.14 Å². The van der Waals surface area contributed by atoms with Gasteiger partial charge in [-0.3, -0.25) is 4.57 Å². The van der Waals surface area contributed by atoms with Gasteiger partial charge in [0.05, 0.1) is 6.33 Å². The minimum absolute atomic E-state index is 0.261. The molecule has 1 aliphatic heterocycles. The van der Waals surface area contributed by atoms with Gasteiger partial charge in [0.2, 0.25) is 0 Å². The number of hydrogen-bond acceptors (Lipinski definition) is 9. The normalized spacial score (nSPS) is 29.4. The highest BCUT2D eigenvalue weighted by Crippen LogP contribution is 2.55. The molecule has 1 unspecified atom stereocenters. The topological polar surface area (TPSA) is 163 Å². The summed E-state index contributed by atoms with van der Waals surface area (Å²) in [6.07, 6.45) is -2.51. The summed E-state index contributed by atoms with van der Waals surface area (Å²) in [4.78, 5) is 12.4. The molecule has 2 aliphatic rings. The monoisotopic (exact) mass is 447 g/mol. The summed E-state index contributed by atoms with van der Waals surface area (Å²) in [7, 11) is -4.34. The van der Waals surface area contributed by atoms with Crippen LogP contribution in [0.1, 0.15) is 17.5 Å². The van der Waals surface area contributed by atoms with Crippen LogP contribution in [0.15, 0.2) is 36.9 Å². The smallest absolute Gasteiger partial charge is 0.333 e. The van der Waals surface area contributed by atoms with Crippen molar-refractivity contribution in [2.45, 2.75) is 30.1 Å². The average molecular weight is 447 g/mol. The molecule has 0 bridgehead atoms. The number of halogens is 1. The summed E-state index contributed by atoms with van der Waals surface area (Å²) in [5.74, 6) is 5.18. The Bertz CT molecular complexity index is 1370. The maximum Gasteiger partial charge on any atom is 0.333 e. The van der Waals surface area contributed by atoms with Crippen molar-refractivity contribution in [3.05, 3.63) is 54.0 Å². The highest BCUT2D eigenvalue weighted by Gasteiger charge is 2.79. The third kappa shape index (κ3) is 3.26. The third-order valence-corrected chi connectivity index (χ3v) is 5.60. The number of nitrogens with zero attached hydrogens (tertiary/aromatic N) is 4. The van der Waals surface area contributed by atoms with Gasteiger partial charge >= 0.3 is 10.3 Å². The fraction of sp³-hybridized carbons (Fsp3) is 0.278. The fourth-order valence-electron chi connectivity index (χ4n) is 3.62. The molecule has 1 aromatic carbocycles. The van der Waals surface area contributed by atoms with Gasteiger partial charge in [-0.1, -0.05) is 12.0 Å². The maximum absolute atomic E-state index is 13.3. The van der Waals surface area contributed by atoms with Crippen LogP contribution in [0.25, 0.3) is 11.2 Å². The van der Waals surface area contributed by atoms with E-state index in [0.29, 0.717) is 11.1 Å². The molecule has 160 valence electrons. The molecule has 5 rings (SSSR count). The number of rotatable bonds is 3. The lowest BCUT2D eigenvalue weighted by atomic mass is 10.1. The molecule has 1 saturated heterocycles. The molecule has 31 heavy (non-hydrogen) atoms. The van der Waals surface area contributed by atoms with Crippen molar-refractivity contribution >= 4 is 21.5 Å². The first-order valence-electron chi connectivity index (χ1n) is 8.90. The fourth-order valence-corrected chi connectivity index (χ4v) is 4.16. The Morgan fingerprint density at radius 2 is 2.10 bits per heavy atom. The molecular formula is C18H14FN5O6S. The van der Waals surface area contributed by atoms with Gasteiger partial charge in [-0.05, 0) is 24.1 Å². The zero-order valence-corrected chi connectivity index (χ0v) is 16.3. The number of aliphatic hydroxyl groups is 2. The number of nitrogens with two attached hydrogens (primary N) is 1. The first-order chi connectivity index (χ1) is 14.7. The van der Waals surface area contributed by atoms with Crippen molar-refractivity contribution in [1.29, 1.82) is 0 Å². The van der Waals surface area contributed by atoms with Crippen LogP contribution < -0.4 is 5.14 Å². The van der Waals surface area contributed by atoms with Gasteiger partial charge in [-0.15, -0.1) is 0 Å². The molecular weight excluding hydrogens is 433 g/mol. The van der Waals surface area contributed by atoms with Crippen molar-refractivity contribution in [2.75, 3.05) is 0 Å². The summed E-state index contributed by atoms with van der Waals surface area (Å²) < 4.78 is 47.1. The van der Waals surface area contributed by atoms with E-state index in [1.54, 1.807) is 6.07 Å². The zero-order valence-electron chi connectivity index (χ0n) is 15.5. The van der Waals surface area contributed by atoms with Gasteiger partial charge in [-0.2, -0.15) is 8.42 Å². The molecule has 4 N–H and O–H groups in total. The highest BCUT2D eigenvalue weighted by atomic mass is 32.2. The van der Waals surface area contributed by atoms with E-state index in [4.69, 9.17) is 9.88 Å². The van der Waals surface area contributed by atoms with Crippen molar-refractivity contribution in [3.63, 3.8) is 0 Å². The molecule has 13 heteroatoms. The van der Waals surface area contributed by atoms with Gasteiger partial charge in [0.15, 0.2) is 17.5 Å². The molecule has 1 aliphatic carbocycles. The summed E-state index contributed by atoms with van der Waals surface area (Å²) in [6.45, 7) is 0. The van der Waals surface area contributed by atoms with E-state index in [-0.39, 0.29) is 11.3 Å². The van der Waals surface area contributed by atoms with Gasteiger partial charge in [0.1, 0.15) is 41.7 Å². The second-order valence-corrected chi connectivity index (χ2v) is 8.27. The van der Waals surface area contributed by atoms with Crippen molar-refractivity contribution < 1.29 is 31.9 Å². The number of aromatic nitrogens is 4. The van der Waals surface area contributed by atoms with Crippen LogP contribution in [0.4, 0.5) is 4.39 Å². The predicted octanol–water partition coefficient (Wildman–Crippen LogP) is -1.04. The molecule has 0 radical (unpaired) electrons. The van der Waals surface area contributed by atoms with Crippen LogP contribution in [0, 0.1) is 17.7 Å². The minimum Gasteiger partial charge on any atom is -0.385 e. The van der Waals surface area contributed by atoms with Crippen LogP contribution in [-0.4, -0.2) is 62.1 Å². The van der Waals surface area contributed by atoms with Crippen LogP contribution in [0.2, 0.25) is 0 Å². The number of ether oxygens (including phenoxy) is 1. The molecule has 11 nitrogen and oxygen atoms in total. The summed E-state index contributed by atoms with van der Waals surface area (Å²) in [5.41, 5.74) is -0.673. The molecule has 2 fully saturated rings. The van der Waals surface area contributed by atoms with E-state index in [1.807, 2.05) is 0 Å². The van der Waals surface area contributed by atoms with Gasteiger partial charge in [0.25, 0.3) is 0 Å². The lowest BCUT2D eigenvalue weighted by Crippen LogP contribution is -2.38. The molecule has 1 saturated carbocycles.